The van der Waals surface area contributed by atoms with E-state index in [9.17, 15) is 0 Å². The number of rotatable bonds is 6. The van der Waals surface area contributed by atoms with Crippen LogP contribution in [0.4, 0.5) is 11.5 Å². The number of anilines is 2. The van der Waals surface area contributed by atoms with E-state index in [0.717, 1.165) is 66.7 Å². The molecule has 4 heterocycles. The normalized spacial score (nSPS) is 18.2. The molecule has 3 aromatic rings. The number of nitrogens with one attached hydrogen (secondary N) is 1. The smallest absolute Gasteiger partial charge is 0.165 e. The fourth-order valence-electron chi connectivity index (χ4n) is 4.34. The number of aromatic nitrogens is 3. The minimum absolute atomic E-state index is 0.400. The lowest BCUT2D eigenvalue weighted by Gasteiger charge is -2.33. The molecule has 1 saturated heterocycles. The van der Waals surface area contributed by atoms with E-state index in [1.54, 1.807) is 25.7 Å². The second-order valence-corrected chi connectivity index (χ2v) is 8.07. The van der Waals surface area contributed by atoms with Gasteiger partial charge in [0.25, 0.3) is 0 Å². The van der Waals surface area contributed by atoms with Crippen molar-refractivity contribution in [1.82, 2.24) is 19.9 Å². The number of nitrogens with zero attached hydrogens (tertiary/aromatic N) is 4. The fraction of sp³-hybridized carbons (Fsp3) is 0.375. The van der Waals surface area contributed by atoms with Crippen LogP contribution in [-0.4, -0.2) is 53.3 Å². The van der Waals surface area contributed by atoms with Crippen LogP contribution in [0.2, 0.25) is 0 Å². The lowest BCUT2D eigenvalue weighted by atomic mass is 9.94. The summed E-state index contributed by atoms with van der Waals surface area (Å²) < 4.78 is 17.1. The van der Waals surface area contributed by atoms with Gasteiger partial charge in [-0.1, -0.05) is 0 Å². The molecule has 2 aliphatic heterocycles. The molecule has 32 heavy (non-hydrogen) atoms. The highest BCUT2D eigenvalue weighted by Gasteiger charge is 2.24. The summed E-state index contributed by atoms with van der Waals surface area (Å²) in [5, 5.41) is 3.23. The predicted molar refractivity (Wildman–Crippen MR) is 121 cm³/mol. The van der Waals surface area contributed by atoms with Gasteiger partial charge in [-0.25, -0.2) is 4.98 Å². The molecule has 0 bridgehead atoms. The maximum Gasteiger partial charge on any atom is 0.165 e. The van der Waals surface area contributed by atoms with E-state index in [1.807, 2.05) is 12.3 Å². The molecule has 8 heteroatoms. The van der Waals surface area contributed by atoms with Gasteiger partial charge in [0.15, 0.2) is 11.5 Å². The van der Waals surface area contributed by atoms with Crippen LogP contribution >= 0.6 is 0 Å². The zero-order chi connectivity index (χ0) is 21.8. The van der Waals surface area contributed by atoms with Gasteiger partial charge in [-0.15, -0.1) is 0 Å². The van der Waals surface area contributed by atoms with E-state index in [0.29, 0.717) is 24.9 Å². The zero-order valence-electron chi connectivity index (χ0n) is 18.2. The summed E-state index contributed by atoms with van der Waals surface area (Å²) in [7, 11) is 1.70. The van der Waals surface area contributed by atoms with Gasteiger partial charge in [0.1, 0.15) is 24.8 Å². The van der Waals surface area contributed by atoms with Crippen molar-refractivity contribution in [1.29, 1.82) is 0 Å². The van der Waals surface area contributed by atoms with Gasteiger partial charge in [-0.2, -0.15) is 0 Å². The standard InChI is InChI=1S/C24H27N5O3/c1-30-21-12-23-22(31-9-10-32-23)11-18(21)16-29-8-2-3-17(15-29)20-5-4-19(13-27-20)28-24-14-25-6-7-26-24/h4-7,11-14,17H,2-3,8-10,15-16H2,1H3,(H,26,28)/t17-/m1/s1. The van der Waals surface area contributed by atoms with E-state index >= 15 is 0 Å². The molecule has 166 valence electrons. The molecule has 1 fully saturated rings. The number of likely N-dealkylation sites (tertiary alicyclic amines) is 1. The first-order chi connectivity index (χ1) is 15.8. The molecule has 0 amide bonds. The van der Waals surface area contributed by atoms with Crippen LogP contribution in [0.5, 0.6) is 17.2 Å². The largest absolute Gasteiger partial charge is 0.496 e. The highest BCUT2D eigenvalue weighted by molar-refractivity contribution is 5.54. The second-order valence-electron chi connectivity index (χ2n) is 8.07. The van der Waals surface area contributed by atoms with Crippen molar-refractivity contribution in [3.63, 3.8) is 0 Å². The summed E-state index contributed by atoms with van der Waals surface area (Å²) in [5.74, 6) is 3.51. The first-order valence-corrected chi connectivity index (χ1v) is 11.0. The molecular weight excluding hydrogens is 406 g/mol. The molecule has 0 aliphatic carbocycles. The lowest BCUT2D eigenvalue weighted by Crippen LogP contribution is -2.34. The van der Waals surface area contributed by atoms with Crippen molar-refractivity contribution >= 4 is 11.5 Å². The second kappa shape index (κ2) is 9.40. The first kappa shape index (κ1) is 20.5. The quantitative estimate of drug-likeness (QED) is 0.629. The van der Waals surface area contributed by atoms with Crippen LogP contribution in [0, 0.1) is 0 Å². The molecule has 1 aromatic carbocycles. The van der Waals surface area contributed by atoms with Crippen LogP contribution in [0.15, 0.2) is 49.1 Å². The average molecular weight is 434 g/mol. The molecule has 2 aliphatic rings. The average Bonchev–Trinajstić information content (AvgIpc) is 2.85. The van der Waals surface area contributed by atoms with Gasteiger partial charge in [-0.3, -0.25) is 14.9 Å². The Bertz CT molecular complexity index is 1050. The zero-order valence-corrected chi connectivity index (χ0v) is 18.2. The van der Waals surface area contributed by atoms with Gasteiger partial charge in [0.05, 0.1) is 25.2 Å². The Morgan fingerprint density at radius 3 is 2.72 bits per heavy atom. The van der Waals surface area contributed by atoms with Crippen molar-refractivity contribution in [2.24, 2.45) is 0 Å². The Kier molecular flexibility index (Phi) is 6.02. The Balaban J connectivity index is 1.26. The topological polar surface area (TPSA) is 81.6 Å². The Morgan fingerprint density at radius 2 is 1.97 bits per heavy atom. The first-order valence-electron chi connectivity index (χ1n) is 11.0. The van der Waals surface area contributed by atoms with E-state index in [1.165, 1.54) is 0 Å². The summed E-state index contributed by atoms with van der Waals surface area (Å²) in [6.07, 6.45) is 9.16. The summed E-state index contributed by atoms with van der Waals surface area (Å²) in [4.78, 5) is 15.5. The minimum Gasteiger partial charge on any atom is -0.496 e. The predicted octanol–water partition coefficient (Wildman–Crippen LogP) is 3.77. The van der Waals surface area contributed by atoms with Gasteiger partial charge in [-0.05, 0) is 37.6 Å². The molecule has 0 saturated carbocycles. The number of pyridine rings is 1. The highest BCUT2D eigenvalue weighted by atomic mass is 16.6. The molecule has 5 rings (SSSR count). The monoisotopic (exact) mass is 433 g/mol. The van der Waals surface area contributed by atoms with E-state index in [2.05, 4.69) is 38.4 Å². The summed E-state index contributed by atoms with van der Waals surface area (Å²) in [5.41, 5.74) is 3.14. The van der Waals surface area contributed by atoms with E-state index in [4.69, 9.17) is 19.2 Å². The molecule has 0 unspecified atom stereocenters. The third kappa shape index (κ3) is 4.60. The van der Waals surface area contributed by atoms with Gasteiger partial charge < -0.3 is 19.5 Å². The van der Waals surface area contributed by atoms with Gasteiger partial charge in [0.2, 0.25) is 0 Å². The molecular formula is C24H27N5O3. The number of hydrogen-bond acceptors (Lipinski definition) is 8. The molecule has 0 spiro atoms. The van der Waals surface area contributed by atoms with Crippen molar-refractivity contribution in [2.75, 3.05) is 38.7 Å². The van der Waals surface area contributed by atoms with Crippen molar-refractivity contribution in [2.45, 2.75) is 25.3 Å². The van der Waals surface area contributed by atoms with E-state index < -0.39 is 0 Å². The van der Waals surface area contributed by atoms with Crippen LogP contribution < -0.4 is 19.5 Å². The Labute approximate surface area is 187 Å². The third-order valence-corrected chi connectivity index (χ3v) is 5.88. The Hall–Kier alpha value is -3.39. The Morgan fingerprint density at radius 1 is 1.09 bits per heavy atom. The maximum absolute atomic E-state index is 5.77. The van der Waals surface area contributed by atoms with Gasteiger partial charge in [0, 0.05) is 48.7 Å². The van der Waals surface area contributed by atoms with Crippen molar-refractivity contribution in [3.8, 4) is 17.2 Å². The van der Waals surface area contributed by atoms with Crippen LogP contribution in [0.3, 0.4) is 0 Å². The van der Waals surface area contributed by atoms with Crippen LogP contribution in [-0.2, 0) is 6.54 Å². The summed E-state index contributed by atoms with van der Waals surface area (Å²) in [6, 6.07) is 8.16. The minimum atomic E-state index is 0.400. The van der Waals surface area contributed by atoms with E-state index in [-0.39, 0.29) is 0 Å². The number of hydrogen-bond donors (Lipinski definition) is 1. The summed E-state index contributed by atoms with van der Waals surface area (Å²) >= 11 is 0. The highest BCUT2D eigenvalue weighted by Crippen LogP contribution is 2.38. The van der Waals surface area contributed by atoms with Crippen LogP contribution in [0.1, 0.15) is 30.0 Å². The van der Waals surface area contributed by atoms with Gasteiger partial charge >= 0.3 is 0 Å². The van der Waals surface area contributed by atoms with Crippen molar-refractivity contribution in [3.05, 3.63) is 60.3 Å². The number of fused-ring (bicyclic) bond motifs is 1. The number of ether oxygens (including phenoxy) is 3. The molecule has 1 atom stereocenters. The maximum atomic E-state index is 5.77. The molecule has 1 N–H and O–H groups in total. The third-order valence-electron chi connectivity index (χ3n) is 5.88. The molecule has 8 nitrogen and oxygen atoms in total. The lowest BCUT2D eigenvalue weighted by molar-refractivity contribution is 0.168. The number of benzene rings is 1. The molecule has 2 aromatic heterocycles. The summed E-state index contributed by atoms with van der Waals surface area (Å²) in [6.45, 7) is 3.98. The fourth-order valence-corrected chi connectivity index (χ4v) is 4.34. The SMILES string of the molecule is COc1cc2c(cc1CN1CCC[C@@H](c3ccc(Nc4cnccn4)cn3)C1)OCCO2. The van der Waals surface area contributed by atoms with Crippen molar-refractivity contribution < 1.29 is 14.2 Å². The molecule has 0 radical (unpaired) electrons. The van der Waals surface area contributed by atoms with Crippen LogP contribution in [0.25, 0.3) is 0 Å². The number of methoxy groups -OCH3 is 1. The number of piperidine rings is 1.